The van der Waals surface area contributed by atoms with Crippen molar-refractivity contribution in [3.8, 4) is 11.4 Å². The Balaban J connectivity index is 2.54. The molecule has 2 aromatic heterocycles. The van der Waals surface area contributed by atoms with E-state index in [0.29, 0.717) is 17.1 Å². The minimum absolute atomic E-state index is 0.0366. The fourth-order valence-electron chi connectivity index (χ4n) is 1.47. The largest absolute Gasteiger partial charge is 0.464 e. The summed E-state index contributed by atoms with van der Waals surface area (Å²) < 4.78 is 6.31. The lowest BCUT2D eigenvalue weighted by Gasteiger charge is -2.04. The standard InChI is InChI=1S/C10H10BrN5O3/c1-16-6(4-17)7(14-15-16)5-3-12-9(11)8(13-5)10(18)19-2/h3,17H,4H2,1-2H3. The summed E-state index contributed by atoms with van der Waals surface area (Å²) in [6.07, 6.45) is 1.43. The van der Waals surface area contributed by atoms with E-state index < -0.39 is 5.97 Å². The lowest BCUT2D eigenvalue weighted by Crippen LogP contribution is -2.08. The molecule has 2 rings (SSSR count). The maximum Gasteiger partial charge on any atom is 0.359 e. The smallest absolute Gasteiger partial charge is 0.359 e. The van der Waals surface area contributed by atoms with Gasteiger partial charge in [0.2, 0.25) is 0 Å². The number of halogens is 1. The molecule has 0 atom stereocenters. The number of aromatic nitrogens is 5. The highest BCUT2D eigenvalue weighted by Gasteiger charge is 2.19. The number of hydrogen-bond donors (Lipinski definition) is 1. The molecule has 0 aromatic carbocycles. The summed E-state index contributed by atoms with van der Waals surface area (Å²) in [6.45, 7) is -0.246. The van der Waals surface area contributed by atoms with Crippen LogP contribution in [0.4, 0.5) is 0 Å². The van der Waals surface area contributed by atoms with Gasteiger partial charge in [-0.1, -0.05) is 5.21 Å². The SMILES string of the molecule is COC(=O)c1nc(-c2nnn(C)c2CO)cnc1Br. The summed E-state index contributed by atoms with van der Waals surface area (Å²) in [4.78, 5) is 19.7. The molecule has 0 spiro atoms. The van der Waals surface area contributed by atoms with Gasteiger partial charge in [0.05, 0.1) is 25.6 Å². The van der Waals surface area contributed by atoms with Gasteiger partial charge in [-0.05, 0) is 15.9 Å². The van der Waals surface area contributed by atoms with Crippen LogP contribution in [0.3, 0.4) is 0 Å². The Morgan fingerprint density at radius 1 is 1.58 bits per heavy atom. The summed E-state index contributed by atoms with van der Waals surface area (Å²) in [5.41, 5.74) is 1.22. The van der Waals surface area contributed by atoms with Crippen LogP contribution in [0.1, 0.15) is 16.2 Å². The van der Waals surface area contributed by atoms with Gasteiger partial charge in [0.1, 0.15) is 16.0 Å². The molecular formula is C10H10BrN5O3. The Kier molecular flexibility index (Phi) is 3.86. The van der Waals surface area contributed by atoms with Crippen LogP contribution >= 0.6 is 15.9 Å². The number of aliphatic hydroxyl groups is 1. The molecule has 1 N–H and O–H groups in total. The molecule has 19 heavy (non-hydrogen) atoms. The van der Waals surface area contributed by atoms with Crippen molar-refractivity contribution < 1.29 is 14.6 Å². The highest BCUT2D eigenvalue weighted by molar-refractivity contribution is 9.10. The summed E-state index contributed by atoms with van der Waals surface area (Å²) in [5, 5.41) is 17.0. The van der Waals surface area contributed by atoms with Crippen molar-refractivity contribution >= 4 is 21.9 Å². The van der Waals surface area contributed by atoms with E-state index in [9.17, 15) is 9.90 Å². The zero-order valence-corrected chi connectivity index (χ0v) is 11.7. The first-order chi connectivity index (χ1) is 9.08. The van der Waals surface area contributed by atoms with Gasteiger partial charge in [0.25, 0.3) is 0 Å². The number of rotatable bonds is 3. The molecule has 2 heterocycles. The summed E-state index contributed by atoms with van der Waals surface area (Å²) in [7, 11) is 2.90. The number of carbonyl (C=O) groups is 1. The molecule has 0 aliphatic rings. The van der Waals surface area contributed by atoms with E-state index >= 15 is 0 Å². The first-order valence-electron chi connectivity index (χ1n) is 5.19. The quantitative estimate of drug-likeness (QED) is 0.809. The van der Waals surface area contributed by atoms with E-state index in [1.165, 1.54) is 18.0 Å². The Morgan fingerprint density at radius 2 is 2.32 bits per heavy atom. The Morgan fingerprint density at radius 3 is 2.95 bits per heavy atom. The van der Waals surface area contributed by atoms with E-state index in [1.807, 2.05) is 0 Å². The lowest BCUT2D eigenvalue weighted by atomic mass is 10.2. The van der Waals surface area contributed by atoms with Crippen molar-refractivity contribution in [2.24, 2.45) is 7.05 Å². The molecule has 0 radical (unpaired) electrons. The van der Waals surface area contributed by atoms with Crippen LogP contribution in [0.5, 0.6) is 0 Å². The fourth-order valence-corrected chi connectivity index (χ4v) is 1.82. The Hall–Kier alpha value is -1.87. The third-order valence-corrected chi connectivity index (χ3v) is 3.02. The van der Waals surface area contributed by atoms with E-state index in [0.717, 1.165) is 0 Å². The van der Waals surface area contributed by atoms with E-state index in [1.54, 1.807) is 7.05 Å². The highest BCUT2D eigenvalue weighted by atomic mass is 79.9. The van der Waals surface area contributed by atoms with E-state index in [4.69, 9.17) is 0 Å². The second-order valence-corrected chi connectivity index (χ2v) is 4.30. The van der Waals surface area contributed by atoms with Gasteiger partial charge in [-0.3, -0.25) is 0 Å². The fraction of sp³-hybridized carbons (Fsp3) is 0.300. The molecule has 9 heteroatoms. The van der Waals surface area contributed by atoms with E-state index in [2.05, 4.69) is 40.9 Å². The maximum atomic E-state index is 11.5. The monoisotopic (exact) mass is 327 g/mol. The average molecular weight is 328 g/mol. The minimum atomic E-state index is -0.615. The summed E-state index contributed by atoms with van der Waals surface area (Å²) in [6, 6.07) is 0. The van der Waals surface area contributed by atoms with Crippen molar-refractivity contribution in [2.45, 2.75) is 6.61 Å². The first-order valence-corrected chi connectivity index (χ1v) is 5.98. The maximum absolute atomic E-state index is 11.5. The first kappa shape index (κ1) is 13.6. The van der Waals surface area contributed by atoms with Crippen molar-refractivity contribution in [3.05, 3.63) is 22.2 Å². The topological polar surface area (TPSA) is 103 Å². The van der Waals surface area contributed by atoms with Crippen LogP contribution in [0.2, 0.25) is 0 Å². The third kappa shape index (κ3) is 2.47. The van der Waals surface area contributed by atoms with Crippen molar-refractivity contribution in [2.75, 3.05) is 7.11 Å². The number of ether oxygens (including phenoxy) is 1. The van der Waals surface area contributed by atoms with Gasteiger partial charge >= 0.3 is 5.97 Å². The average Bonchev–Trinajstić information content (AvgIpc) is 2.79. The van der Waals surface area contributed by atoms with Crippen molar-refractivity contribution in [1.29, 1.82) is 0 Å². The molecule has 0 fully saturated rings. The van der Waals surface area contributed by atoms with Crippen molar-refractivity contribution in [3.63, 3.8) is 0 Å². The molecule has 8 nitrogen and oxygen atoms in total. The van der Waals surface area contributed by atoms with Crippen molar-refractivity contribution in [1.82, 2.24) is 25.0 Å². The second-order valence-electron chi connectivity index (χ2n) is 3.55. The van der Waals surface area contributed by atoms with Crippen LogP contribution < -0.4 is 0 Å². The molecule has 0 aliphatic carbocycles. The van der Waals surface area contributed by atoms with Gasteiger partial charge in [-0.25, -0.2) is 19.4 Å². The van der Waals surface area contributed by atoms with Crippen LogP contribution in [-0.4, -0.2) is 43.1 Å². The number of hydrogen-bond acceptors (Lipinski definition) is 7. The number of esters is 1. The molecule has 0 bridgehead atoms. The van der Waals surface area contributed by atoms with Crippen LogP contribution in [0, 0.1) is 0 Å². The predicted octanol–water partition coefficient (Wildman–Crippen LogP) is 0.313. The number of carbonyl (C=O) groups excluding carboxylic acids is 1. The normalized spacial score (nSPS) is 10.5. The number of aryl methyl sites for hydroxylation is 1. The van der Waals surface area contributed by atoms with Crippen LogP contribution in [0.25, 0.3) is 11.4 Å². The molecule has 0 saturated carbocycles. The van der Waals surface area contributed by atoms with Gasteiger partial charge in [0, 0.05) is 7.05 Å². The predicted molar refractivity (Wildman–Crippen MR) is 67.0 cm³/mol. The highest BCUT2D eigenvalue weighted by Crippen LogP contribution is 2.21. The summed E-state index contributed by atoms with van der Waals surface area (Å²) in [5.74, 6) is -0.615. The summed E-state index contributed by atoms with van der Waals surface area (Å²) >= 11 is 3.12. The number of nitrogens with zero attached hydrogens (tertiary/aromatic N) is 5. The molecule has 0 aliphatic heterocycles. The Bertz CT molecular complexity index is 628. The lowest BCUT2D eigenvalue weighted by molar-refractivity contribution is 0.0592. The van der Waals surface area contributed by atoms with Gasteiger partial charge in [0.15, 0.2) is 5.69 Å². The van der Waals surface area contributed by atoms with Gasteiger partial charge in [-0.2, -0.15) is 0 Å². The molecular weight excluding hydrogens is 318 g/mol. The van der Waals surface area contributed by atoms with Crippen LogP contribution in [-0.2, 0) is 18.4 Å². The zero-order chi connectivity index (χ0) is 14.0. The molecule has 0 amide bonds. The van der Waals surface area contributed by atoms with Gasteiger partial charge < -0.3 is 9.84 Å². The molecule has 0 unspecified atom stereocenters. The van der Waals surface area contributed by atoms with Gasteiger partial charge in [-0.15, -0.1) is 5.10 Å². The number of methoxy groups -OCH3 is 1. The van der Waals surface area contributed by atoms with Crippen LogP contribution in [0.15, 0.2) is 10.8 Å². The molecule has 100 valence electrons. The molecule has 2 aromatic rings. The zero-order valence-electron chi connectivity index (χ0n) is 10.2. The minimum Gasteiger partial charge on any atom is -0.464 e. The van der Waals surface area contributed by atoms with E-state index in [-0.39, 0.29) is 16.9 Å². The number of aliphatic hydroxyl groups excluding tert-OH is 1. The second kappa shape index (κ2) is 5.41. The third-order valence-electron chi connectivity index (χ3n) is 2.44. The molecule has 0 saturated heterocycles. The Labute approximate surface area is 116 Å².